The molecular formula is C12H14ClN3OS. The van der Waals surface area contributed by atoms with Crippen molar-refractivity contribution in [2.45, 2.75) is 24.6 Å². The van der Waals surface area contributed by atoms with Crippen LogP contribution in [-0.4, -0.2) is 27.3 Å². The molecule has 1 N–H and O–H groups in total. The van der Waals surface area contributed by atoms with Crippen molar-refractivity contribution in [1.82, 2.24) is 9.78 Å². The van der Waals surface area contributed by atoms with Gasteiger partial charge in [-0.15, -0.1) is 6.42 Å². The number of thioether (sulfide) groups is 1. The van der Waals surface area contributed by atoms with E-state index in [0.29, 0.717) is 16.0 Å². The van der Waals surface area contributed by atoms with Gasteiger partial charge in [0.05, 0.1) is 11.2 Å². The summed E-state index contributed by atoms with van der Waals surface area (Å²) < 4.78 is 1.23. The largest absolute Gasteiger partial charge is 0.378 e. The molecule has 6 heteroatoms. The molecule has 96 valence electrons. The predicted octanol–water partition coefficient (Wildman–Crippen LogP) is 1.84. The van der Waals surface area contributed by atoms with Crippen LogP contribution in [0, 0.1) is 12.3 Å². The summed E-state index contributed by atoms with van der Waals surface area (Å²) in [5.41, 5.74) is 0.137. The third kappa shape index (κ3) is 3.01. The van der Waals surface area contributed by atoms with Gasteiger partial charge in [-0.1, -0.05) is 17.5 Å². The van der Waals surface area contributed by atoms with Crippen LogP contribution < -0.4 is 10.9 Å². The number of hydrogen-bond acceptors (Lipinski definition) is 4. The molecule has 0 radical (unpaired) electrons. The minimum absolute atomic E-state index is 0.156. The number of nitrogens with zero attached hydrogens (tertiary/aromatic N) is 2. The van der Waals surface area contributed by atoms with Gasteiger partial charge in [0.2, 0.25) is 0 Å². The highest BCUT2D eigenvalue weighted by atomic mass is 35.5. The van der Waals surface area contributed by atoms with Gasteiger partial charge in [0.1, 0.15) is 12.2 Å². The Morgan fingerprint density at radius 3 is 3.22 bits per heavy atom. The zero-order valence-corrected chi connectivity index (χ0v) is 11.4. The molecule has 0 aromatic carbocycles. The summed E-state index contributed by atoms with van der Waals surface area (Å²) >= 11 is 7.92. The van der Waals surface area contributed by atoms with Gasteiger partial charge in [-0.05, 0) is 18.6 Å². The molecule has 4 nitrogen and oxygen atoms in total. The van der Waals surface area contributed by atoms with Gasteiger partial charge in [-0.2, -0.15) is 16.9 Å². The number of rotatable bonds is 4. The lowest BCUT2D eigenvalue weighted by Crippen LogP contribution is -2.27. The molecule has 0 amide bonds. The Bertz CT molecular complexity index is 517. The van der Waals surface area contributed by atoms with E-state index in [1.807, 2.05) is 11.8 Å². The number of nitrogens with one attached hydrogen (secondary N) is 1. The smallest absolute Gasteiger partial charge is 0.292 e. The Hall–Kier alpha value is -1.12. The second-order valence-corrected chi connectivity index (χ2v) is 5.87. The van der Waals surface area contributed by atoms with E-state index in [2.05, 4.69) is 16.3 Å². The highest BCUT2D eigenvalue weighted by molar-refractivity contribution is 8.00. The summed E-state index contributed by atoms with van der Waals surface area (Å²) in [6.07, 6.45) is 9.05. The normalized spacial score (nSPS) is 18.6. The van der Waals surface area contributed by atoms with Crippen LogP contribution in [0.1, 0.15) is 12.8 Å². The monoisotopic (exact) mass is 283 g/mol. The first-order valence-corrected chi connectivity index (χ1v) is 7.19. The minimum Gasteiger partial charge on any atom is -0.378 e. The number of hydrogen-bond donors (Lipinski definition) is 1. The Kier molecular flexibility index (Phi) is 4.56. The van der Waals surface area contributed by atoms with Gasteiger partial charge in [-0.3, -0.25) is 4.79 Å². The summed E-state index contributed by atoms with van der Waals surface area (Å²) in [5, 5.41) is 7.91. The molecule has 1 aromatic rings. The number of aromatic nitrogens is 2. The molecule has 2 heterocycles. The van der Waals surface area contributed by atoms with Crippen LogP contribution in [0.4, 0.5) is 5.69 Å². The predicted molar refractivity (Wildman–Crippen MR) is 76.3 cm³/mol. The second kappa shape index (κ2) is 6.17. The molecule has 18 heavy (non-hydrogen) atoms. The third-order valence-corrected chi connectivity index (χ3v) is 4.45. The molecule has 1 fully saturated rings. The average molecular weight is 284 g/mol. The molecule has 1 atom stereocenters. The Morgan fingerprint density at radius 1 is 1.72 bits per heavy atom. The summed E-state index contributed by atoms with van der Waals surface area (Å²) in [4.78, 5) is 12.0. The van der Waals surface area contributed by atoms with Crippen LogP contribution in [0.3, 0.4) is 0 Å². The molecular weight excluding hydrogens is 270 g/mol. The fourth-order valence-corrected chi connectivity index (χ4v) is 3.24. The molecule has 1 aliphatic rings. The summed E-state index contributed by atoms with van der Waals surface area (Å²) in [5.74, 6) is 3.59. The van der Waals surface area contributed by atoms with Crippen molar-refractivity contribution in [2.24, 2.45) is 0 Å². The second-order valence-electron chi connectivity index (χ2n) is 4.05. The lowest BCUT2D eigenvalue weighted by Gasteiger charge is -2.12. The van der Waals surface area contributed by atoms with Gasteiger partial charge < -0.3 is 5.32 Å². The van der Waals surface area contributed by atoms with Crippen molar-refractivity contribution in [3.63, 3.8) is 0 Å². The Morgan fingerprint density at radius 2 is 2.56 bits per heavy atom. The lowest BCUT2D eigenvalue weighted by atomic mass is 10.2. The fourth-order valence-electron chi connectivity index (χ4n) is 1.85. The van der Waals surface area contributed by atoms with Crippen molar-refractivity contribution in [3.8, 4) is 12.3 Å². The number of terminal acetylenes is 1. The Labute approximate surface area is 115 Å². The molecule has 2 rings (SSSR count). The van der Waals surface area contributed by atoms with E-state index in [9.17, 15) is 4.79 Å². The zero-order chi connectivity index (χ0) is 13.0. The van der Waals surface area contributed by atoms with Crippen LogP contribution in [-0.2, 0) is 6.54 Å². The van der Waals surface area contributed by atoms with Crippen molar-refractivity contribution >= 4 is 29.1 Å². The zero-order valence-electron chi connectivity index (χ0n) is 9.86. The van der Waals surface area contributed by atoms with Crippen LogP contribution in [0.5, 0.6) is 0 Å². The molecule has 1 unspecified atom stereocenters. The first-order chi connectivity index (χ1) is 8.72. The van der Waals surface area contributed by atoms with Gasteiger partial charge in [-0.25, -0.2) is 4.68 Å². The van der Waals surface area contributed by atoms with Crippen molar-refractivity contribution in [3.05, 3.63) is 21.6 Å². The van der Waals surface area contributed by atoms with Crippen LogP contribution >= 0.6 is 23.4 Å². The van der Waals surface area contributed by atoms with E-state index in [-0.39, 0.29) is 12.1 Å². The molecule has 1 aromatic heterocycles. The first-order valence-electron chi connectivity index (χ1n) is 5.77. The Balaban J connectivity index is 2.13. The summed E-state index contributed by atoms with van der Waals surface area (Å²) in [6.45, 7) is 0.905. The average Bonchev–Trinajstić information content (AvgIpc) is 2.86. The standard InChI is InChI=1S/C12H14ClN3OS/c1-2-5-16-12(17)11(10(13)8-15-16)14-7-9-4-3-6-18-9/h1,8-9,14H,3-7H2. The number of anilines is 1. The van der Waals surface area contributed by atoms with E-state index in [0.717, 1.165) is 6.54 Å². The van der Waals surface area contributed by atoms with E-state index >= 15 is 0 Å². The maximum atomic E-state index is 12.0. The van der Waals surface area contributed by atoms with Gasteiger partial charge in [0, 0.05) is 11.8 Å². The SMILES string of the molecule is C#CCn1ncc(Cl)c(NCC2CCCS2)c1=O. The van der Waals surface area contributed by atoms with E-state index < -0.39 is 0 Å². The van der Waals surface area contributed by atoms with Gasteiger partial charge in [0.25, 0.3) is 5.56 Å². The maximum Gasteiger partial charge on any atom is 0.292 e. The third-order valence-electron chi connectivity index (χ3n) is 2.77. The molecule has 0 spiro atoms. The summed E-state index contributed by atoms with van der Waals surface area (Å²) in [6, 6.07) is 0. The van der Waals surface area contributed by atoms with Crippen molar-refractivity contribution < 1.29 is 0 Å². The van der Waals surface area contributed by atoms with E-state index in [1.54, 1.807) is 0 Å². The first kappa shape index (κ1) is 13.3. The van der Waals surface area contributed by atoms with Crippen LogP contribution in [0.25, 0.3) is 0 Å². The molecule has 0 bridgehead atoms. The highest BCUT2D eigenvalue weighted by Gasteiger charge is 2.17. The van der Waals surface area contributed by atoms with Crippen LogP contribution in [0.15, 0.2) is 11.0 Å². The van der Waals surface area contributed by atoms with Crippen LogP contribution in [0.2, 0.25) is 5.02 Å². The molecule has 0 aliphatic carbocycles. The highest BCUT2D eigenvalue weighted by Crippen LogP contribution is 2.26. The van der Waals surface area contributed by atoms with Gasteiger partial charge >= 0.3 is 0 Å². The molecule has 1 aliphatic heterocycles. The topological polar surface area (TPSA) is 46.9 Å². The van der Waals surface area contributed by atoms with E-state index in [1.165, 1.54) is 29.5 Å². The maximum absolute atomic E-state index is 12.0. The van der Waals surface area contributed by atoms with Gasteiger partial charge in [0.15, 0.2) is 0 Å². The molecule has 0 saturated carbocycles. The van der Waals surface area contributed by atoms with Crippen molar-refractivity contribution in [2.75, 3.05) is 17.6 Å². The molecule has 1 saturated heterocycles. The quantitative estimate of drug-likeness (QED) is 0.857. The van der Waals surface area contributed by atoms with E-state index in [4.69, 9.17) is 18.0 Å². The summed E-state index contributed by atoms with van der Waals surface area (Å²) in [7, 11) is 0. The fraction of sp³-hybridized carbons (Fsp3) is 0.500. The lowest BCUT2D eigenvalue weighted by molar-refractivity contribution is 0.663. The van der Waals surface area contributed by atoms with Crippen molar-refractivity contribution in [1.29, 1.82) is 0 Å². The minimum atomic E-state index is -0.261. The number of halogens is 1.